The van der Waals surface area contributed by atoms with E-state index in [2.05, 4.69) is 6.92 Å². The number of carboxylic acid groups (broad SMARTS) is 1. The molecule has 0 aromatic carbocycles. The quantitative estimate of drug-likeness (QED) is 0.194. The molecule has 0 radical (unpaired) electrons. The van der Waals surface area contributed by atoms with Gasteiger partial charge in [0.25, 0.3) is 0 Å². The fraction of sp³-hybridized carbons (Fsp3) is 0.857. The van der Waals surface area contributed by atoms with Crippen molar-refractivity contribution < 1.29 is 24.2 Å². The number of carbonyl (C=O) groups excluding carboxylic acids is 3. The summed E-state index contributed by atoms with van der Waals surface area (Å²) in [7, 11) is 0. The summed E-state index contributed by atoms with van der Waals surface area (Å²) >= 11 is 0. The summed E-state index contributed by atoms with van der Waals surface area (Å²) in [5.74, 6) is -3.06. The zero-order valence-electron chi connectivity index (χ0n) is 16.6. The zero-order valence-corrected chi connectivity index (χ0v) is 16.6. The highest BCUT2D eigenvalue weighted by Crippen LogP contribution is 2.12. The summed E-state index contributed by atoms with van der Waals surface area (Å²) < 4.78 is 4.84. The van der Waals surface area contributed by atoms with Gasteiger partial charge in [0.2, 0.25) is 5.78 Å². The Hall–Kier alpha value is -1.39. The highest BCUT2D eigenvalue weighted by molar-refractivity contribution is 6.33. The van der Waals surface area contributed by atoms with Crippen LogP contribution in [-0.2, 0) is 19.1 Å². The van der Waals surface area contributed by atoms with Crippen molar-refractivity contribution in [2.24, 2.45) is 0 Å². The van der Waals surface area contributed by atoms with Crippen molar-refractivity contribution in [3.63, 3.8) is 0 Å². The molecule has 5 heteroatoms. The maximum absolute atomic E-state index is 11.3. The largest absolute Gasteiger partial charge is 0.550 e. The summed E-state index contributed by atoms with van der Waals surface area (Å²) in [6.45, 7) is 2.48. The van der Waals surface area contributed by atoms with Crippen LogP contribution >= 0.6 is 0 Å². The monoisotopic (exact) mass is 369 g/mol. The summed E-state index contributed by atoms with van der Waals surface area (Å²) in [6.07, 6.45) is 16.7. The van der Waals surface area contributed by atoms with E-state index in [0.29, 0.717) is 0 Å². The predicted octanol–water partition coefficient (Wildman–Crippen LogP) is 4.11. The Bertz CT molecular complexity index is 379. The summed E-state index contributed by atoms with van der Waals surface area (Å²) in [5.41, 5.74) is 0. The van der Waals surface area contributed by atoms with Crippen LogP contribution in [0.25, 0.3) is 0 Å². The Morgan fingerprint density at radius 2 is 1.08 bits per heavy atom. The fourth-order valence-corrected chi connectivity index (χ4v) is 2.86. The molecule has 0 N–H and O–H groups in total. The van der Waals surface area contributed by atoms with Gasteiger partial charge in [-0.25, -0.2) is 4.79 Å². The molecule has 26 heavy (non-hydrogen) atoms. The van der Waals surface area contributed by atoms with Gasteiger partial charge in [-0.3, -0.25) is 4.79 Å². The van der Waals surface area contributed by atoms with Crippen LogP contribution in [0.15, 0.2) is 0 Å². The Morgan fingerprint density at radius 3 is 1.50 bits per heavy atom. The van der Waals surface area contributed by atoms with E-state index in [9.17, 15) is 19.5 Å². The number of aliphatic carboxylic acids is 1. The molecule has 0 unspecified atom stereocenters. The lowest BCUT2D eigenvalue weighted by Crippen LogP contribution is -2.25. The van der Waals surface area contributed by atoms with Crippen LogP contribution in [0.2, 0.25) is 0 Å². The van der Waals surface area contributed by atoms with Gasteiger partial charge in [-0.1, -0.05) is 90.4 Å². The Kier molecular flexibility index (Phi) is 17.4. The number of carboxylic acids is 1. The molecule has 0 amide bonds. The van der Waals surface area contributed by atoms with Crippen molar-refractivity contribution >= 4 is 17.7 Å². The first kappa shape index (κ1) is 24.6. The number of Topliss-reactive ketones (excluding diaryl/α,β-unsaturated/α-hetero) is 1. The molecule has 0 fully saturated rings. The Balaban J connectivity index is 3.25. The number of ether oxygens (including phenoxy) is 1. The summed E-state index contributed by atoms with van der Waals surface area (Å²) in [4.78, 5) is 32.8. The van der Waals surface area contributed by atoms with Crippen LogP contribution < -0.4 is 5.11 Å². The zero-order chi connectivity index (χ0) is 19.5. The van der Waals surface area contributed by atoms with Gasteiger partial charge in [-0.05, 0) is 12.8 Å². The van der Waals surface area contributed by atoms with Gasteiger partial charge in [0.05, 0.1) is 6.61 Å². The average Bonchev–Trinajstić information content (AvgIpc) is 2.62. The van der Waals surface area contributed by atoms with Crippen LogP contribution in [0.5, 0.6) is 0 Å². The second-order valence-electron chi connectivity index (χ2n) is 7.03. The van der Waals surface area contributed by atoms with E-state index in [1.54, 1.807) is 0 Å². The highest BCUT2D eigenvalue weighted by atomic mass is 16.5. The molecule has 0 aromatic heterocycles. The van der Waals surface area contributed by atoms with E-state index >= 15 is 0 Å². The minimum atomic E-state index is -1.34. The molecule has 0 rings (SSSR count). The van der Waals surface area contributed by atoms with Gasteiger partial charge in [0.1, 0.15) is 0 Å². The second-order valence-corrected chi connectivity index (χ2v) is 7.03. The van der Waals surface area contributed by atoms with Crippen molar-refractivity contribution in [2.75, 3.05) is 6.61 Å². The molecular weight excluding hydrogens is 332 g/mol. The number of hydrogen-bond donors (Lipinski definition) is 0. The van der Waals surface area contributed by atoms with Crippen LogP contribution in [0.1, 0.15) is 110 Å². The fourth-order valence-electron chi connectivity index (χ4n) is 2.86. The molecule has 0 saturated heterocycles. The van der Waals surface area contributed by atoms with Crippen molar-refractivity contribution in [3.8, 4) is 0 Å². The van der Waals surface area contributed by atoms with Crippen LogP contribution in [0.4, 0.5) is 0 Å². The number of hydrogen-bond acceptors (Lipinski definition) is 5. The number of rotatable bonds is 19. The Labute approximate surface area is 158 Å². The third kappa shape index (κ3) is 17.4. The van der Waals surface area contributed by atoms with Crippen molar-refractivity contribution in [3.05, 3.63) is 0 Å². The smallest absolute Gasteiger partial charge is 0.374 e. The third-order valence-corrected chi connectivity index (χ3v) is 4.51. The molecule has 0 aliphatic carbocycles. The van der Waals surface area contributed by atoms with Crippen molar-refractivity contribution in [1.29, 1.82) is 0 Å². The van der Waals surface area contributed by atoms with Crippen LogP contribution in [0.3, 0.4) is 0 Å². The second kappa shape index (κ2) is 18.4. The first-order valence-corrected chi connectivity index (χ1v) is 10.5. The van der Waals surface area contributed by atoms with Gasteiger partial charge in [-0.2, -0.15) is 0 Å². The van der Waals surface area contributed by atoms with E-state index < -0.39 is 24.1 Å². The van der Waals surface area contributed by atoms with Gasteiger partial charge >= 0.3 is 5.97 Å². The normalized spacial score (nSPS) is 10.7. The maximum Gasteiger partial charge on any atom is 0.374 e. The highest BCUT2D eigenvalue weighted by Gasteiger charge is 2.14. The molecular formula is C21H37O5-. The number of unbranched alkanes of at least 4 members (excludes halogenated alkanes) is 13. The van der Waals surface area contributed by atoms with E-state index in [1.807, 2.05) is 0 Å². The molecule has 0 spiro atoms. The molecule has 0 bridgehead atoms. The number of carbonyl (C=O) groups is 3. The third-order valence-electron chi connectivity index (χ3n) is 4.51. The van der Waals surface area contributed by atoms with Crippen molar-refractivity contribution in [1.82, 2.24) is 0 Å². The van der Waals surface area contributed by atoms with Crippen LogP contribution in [0, 0.1) is 0 Å². The molecule has 0 heterocycles. The first-order chi connectivity index (χ1) is 12.6. The standard InChI is InChI=1S/C21H38O5/c1-2-3-4-5-6-7-8-9-10-11-12-13-14-15-18-26-21(25)19(22)16-17-20(23)24/h2-18H2,1H3,(H,23,24)/p-1. The molecule has 152 valence electrons. The number of ketones is 1. The molecule has 0 aromatic rings. The summed E-state index contributed by atoms with van der Waals surface area (Å²) in [6, 6.07) is 0. The Morgan fingerprint density at radius 1 is 0.654 bits per heavy atom. The molecule has 0 saturated carbocycles. The SMILES string of the molecule is CCCCCCCCCCCCCCCCOC(=O)C(=O)CCC(=O)[O-]. The lowest BCUT2D eigenvalue weighted by Gasteiger charge is -2.05. The number of esters is 1. The lowest BCUT2D eigenvalue weighted by molar-refractivity contribution is -0.305. The average molecular weight is 370 g/mol. The minimum absolute atomic E-state index is 0.230. The molecule has 5 nitrogen and oxygen atoms in total. The molecule has 0 aliphatic rings. The van der Waals surface area contributed by atoms with Gasteiger partial charge in [0.15, 0.2) is 0 Å². The minimum Gasteiger partial charge on any atom is -0.550 e. The van der Waals surface area contributed by atoms with E-state index in [-0.39, 0.29) is 13.0 Å². The van der Waals surface area contributed by atoms with Gasteiger partial charge in [0, 0.05) is 12.4 Å². The summed E-state index contributed by atoms with van der Waals surface area (Å²) in [5, 5.41) is 10.2. The molecule has 0 atom stereocenters. The maximum atomic E-state index is 11.3. The van der Waals surface area contributed by atoms with E-state index in [1.165, 1.54) is 70.6 Å². The van der Waals surface area contributed by atoms with Crippen LogP contribution in [-0.4, -0.2) is 24.3 Å². The van der Waals surface area contributed by atoms with E-state index in [4.69, 9.17) is 4.74 Å². The van der Waals surface area contributed by atoms with Gasteiger partial charge < -0.3 is 14.6 Å². The predicted molar refractivity (Wildman–Crippen MR) is 101 cm³/mol. The first-order valence-electron chi connectivity index (χ1n) is 10.5. The van der Waals surface area contributed by atoms with E-state index in [0.717, 1.165) is 19.3 Å². The van der Waals surface area contributed by atoms with Gasteiger partial charge in [-0.15, -0.1) is 0 Å². The molecule has 0 aliphatic heterocycles. The topological polar surface area (TPSA) is 83.5 Å². The lowest BCUT2D eigenvalue weighted by atomic mass is 10.0. The van der Waals surface area contributed by atoms with Crippen molar-refractivity contribution in [2.45, 2.75) is 110 Å².